The van der Waals surface area contributed by atoms with Gasteiger partial charge in [-0.3, -0.25) is 19.2 Å². The van der Waals surface area contributed by atoms with Gasteiger partial charge in [-0.2, -0.15) is 0 Å². The Bertz CT molecular complexity index is 1180. The van der Waals surface area contributed by atoms with E-state index in [1.54, 1.807) is 24.3 Å². The number of primary amides is 1. The fourth-order valence-electron chi connectivity index (χ4n) is 4.41. The Balaban J connectivity index is 1.75. The maximum Gasteiger partial charge on any atom is 0.326 e. The van der Waals surface area contributed by atoms with Crippen LogP contribution in [0.15, 0.2) is 54.6 Å². The zero-order chi connectivity index (χ0) is 29.1. The molecular weight excluding hydrogens is 518 g/mol. The zero-order valence-corrected chi connectivity index (χ0v) is 22.0. The SMILES string of the molecule is NC(=O)CCC(NC(=O)C(Cc1ccccc1)NC(=O)C1CCCN1)C(=O)NC(Cc1ccc(O)cc1)C(=O)O. The van der Waals surface area contributed by atoms with Crippen molar-refractivity contribution in [2.45, 2.75) is 62.7 Å². The van der Waals surface area contributed by atoms with Crippen LogP contribution in [0.3, 0.4) is 0 Å². The van der Waals surface area contributed by atoms with Gasteiger partial charge in [0.25, 0.3) is 0 Å². The molecule has 0 saturated carbocycles. The number of benzene rings is 2. The van der Waals surface area contributed by atoms with E-state index in [-0.39, 0.29) is 37.3 Å². The van der Waals surface area contributed by atoms with Crippen LogP contribution in [0.4, 0.5) is 0 Å². The smallest absolute Gasteiger partial charge is 0.326 e. The van der Waals surface area contributed by atoms with Crippen LogP contribution in [0, 0.1) is 0 Å². The molecule has 12 nitrogen and oxygen atoms in total. The molecule has 2 aromatic rings. The Hall–Kier alpha value is -4.45. The fourth-order valence-corrected chi connectivity index (χ4v) is 4.41. The van der Waals surface area contributed by atoms with Crippen LogP contribution in [0.25, 0.3) is 0 Å². The van der Waals surface area contributed by atoms with E-state index in [2.05, 4.69) is 21.3 Å². The van der Waals surface area contributed by atoms with Crippen molar-refractivity contribution in [3.05, 3.63) is 65.7 Å². The molecule has 3 rings (SSSR count). The first-order chi connectivity index (χ1) is 19.1. The molecule has 1 saturated heterocycles. The van der Waals surface area contributed by atoms with Gasteiger partial charge in [0.15, 0.2) is 0 Å². The molecule has 1 aliphatic rings. The Morgan fingerprint density at radius 2 is 1.45 bits per heavy atom. The molecule has 2 aromatic carbocycles. The number of phenols is 1. The molecule has 4 atom stereocenters. The average molecular weight is 554 g/mol. The number of nitrogens with one attached hydrogen (secondary N) is 4. The topological polar surface area (TPSA) is 200 Å². The van der Waals surface area contributed by atoms with E-state index in [1.165, 1.54) is 24.3 Å². The predicted octanol–water partition coefficient (Wildman–Crippen LogP) is -0.266. The predicted molar refractivity (Wildman–Crippen MR) is 145 cm³/mol. The summed E-state index contributed by atoms with van der Waals surface area (Å²) >= 11 is 0. The largest absolute Gasteiger partial charge is 0.508 e. The summed E-state index contributed by atoms with van der Waals surface area (Å²) in [5.74, 6) is -3.82. The molecule has 0 aromatic heterocycles. The molecule has 4 unspecified atom stereocenters. The lowest BCUT2D eigenvalue weighted by molar-refractivity contribution is -0.142. The highest BCUT2D eigenvalue weighted by Gasteiger charge is 2.32. The number of aliphatic carboxylic acids is 1. The minimum absolute atomic E-state index is 0.00903. The number of carbonyl (C=O) groups excluding carboxylic acids is 4. The number of rotatable bonds is 14. The van der Waals surface area contributed by atoms with E-state index >= 15 is 0 Å². The zero-order valence-electron chi connectivity index (χ0n) is 22.0. The first-order valence-corrected chi connectivity index (χ1v) is 13.1. The lowest BCUT2D eigenvalue weighted by atomic mass is 10.0. The highest BCUT2D eigenvalue weighted by molar-refractivity contribution is 5.94. The van der Waals surface area contributed by atoms with Crippen molar-refractivity contribution in [2.75, 3.05) is 6.54 Å². The van der Waals surface area contributed by atoms with Gasteiger partial charge in [0.05, 0.1) is 6.04 Å². The number of carbonyl (C=O) groups is 5. The summed E-state index contributed by atoms with van der Waals surface area (Å²) in [5, 5.41) is 30.0. The van der Waals surface area contributed by atoms with Gasteiger partial charge in [-0.1, -0.05) is 42.5 Å². The second-order valence-electron chi connectivity index (χ2n) is 9.74. The third kappa shape index (κ3) is 9.38. The quantitative estimate of drug-likeness (QED) is 0.166. The normalized spacial score (nSPS) is 16.8. The summed E-state index contributed by atoms with van der Waals surface area (Å²) in [6.07, 6.45) is 1.11. The molecule has 1 heterocycles. The number of phenolic OH excluding ortho intramolecular Hbond substituents is 1. The van der Waals surface area contributed by atoms with Gasteiger partial charge in [-0.05, 0) is 49.1 Å². The van der Waals surface area contributed by atoms with Gasteiger partial charge >= 0.3 is 5.97 Å². The minimum atomic E-state index is -1.35. The fraction of sp³-hybridized carbons (Fsp3) is 0.393. The molecular formula is C28H35N5O7. The van der Waals surface area contributed by atoms with E-state index in [4.69, 9.17) is 5.73 Å². The van der Waals surface area contributed by atoms with Gasteiger partial charge in [-0.15, -0.1) is 0 Å². The molecule has 0 radical (unpaired) electrons. The summed E-state index contributed by atoms with van der Waals surface area (Å²) in [6, 6.07) is 10.8. The number of carboxylic acid groups (broad SMARTS) is 1. The van der Waals surface area contributed by atoms with Crippen molar-refractivity contribution in [3.8, 4) is 5.75 Å². The lowest BCUT2D eigenvalue weighted by Crippen LogP contribution is -2.57. The number of hydrogen-bond acceptors (Lipinski definition) is 7. The number of hydrogen-bond donors (Lipinski definition) is 7. The standard InChI is InChI=1S/C28H35N5O7/c29-24(35)13-12-21(26(37)33-23(28(39)40)16-18-8-10-19(34)11-9-18)31-27(38)22(15-17-5-2-1-3-6-17)32-25(36)20-7-4-14-30-20/h1-3,5-6,8-11,20-23,30,34H,4,7,12-16H2,(H2,29,35)(H,31,38)(H,32,36)(H,33,37)(H,39,40). The van der Waals surface area contributed by atoms with Crippen molar-refractivity contribution < 1.29 is 34.2 Å². The molecule has 12 heteroatoms. The van der Waals surface area contributed by atoms with Crippen LogP contribution in [-0.4, -0.2) is 70.5 Å². The third-order valence-corrected chi connectivity index (χ3v) is 6.60. The van der Waals surface area contributed by atoms with Crippen LogP contribution in [0.2, 0.25) is 0 Å². The monoisotopic (exact) mass is 553 g/mol. The summed E-state index contributed by atoms with van der Waals surface area (Å²) in [5.41, 5.74) is 6.60. The Morgan fingerprint density at radius 1 is 0.850 bits per heavy atom. The first kappa shape index (κ1) is 30.1. The summed E-state index contributed by atoms with van der Waals surface area (Å²) in [4.78, 5) is 62.8. The first-order valence-electron chi connectivity index (χ1n) is 13.1. The highest BCUT2D eigenvalue weighted by atomic mass is 16.4. The molecule has 0 aliphatic carbocycles. The van der Waals surface area contributed by atoms with Crippen molar-refractivity contribution in [3.63, 3.8) is 0 Å². The molecule has 1 fully saturated rings. The number of carboxylic acids is 1. The Kier molecular flexibility index (Phi) is 11.0. The van der Waals surface area contributed by atoms with E-state index in [0.29, 0.717) is 18.5 Å². The Morgan fingerprint density at radius 3 is 2.05 bits per heavy atom. The summed E-state index contributed by atoms with van der Waals surface area (Å²) in [7, 11) is 0. The van der Waals surface area contributed by atoms with E-state index in [0.717, 1.165) is 12.0 Å². The van der Waals surface area contributed by atoms with Crippen molar-refractivity contribution in [1.29, 1.82) is 0 Å². The van der Waals surface area contributed by atoms with Crippen molar-refractivity contribution in [2.24, 2.45) is 5.73 Å². The number of amides is 4. The van der Waals surface area contributed by atoms with Crippen LogP contribution in [-0.2, 0) is 36.8 Å². The molecule has 4 amide bonds. The van der Waals surface area contributed by atoms with Crippen LogP contribution >= 0.6 is 0 Å². The van der Waals surface area contributed by atoms with E-state index < -0.39 is 47.9 Å². The second kappa shape index (κ2) is 14.6. The average Bonchev–Trinajstić information content (AvgIpc) is 3.47. The van der Waals surface area contributed by atoms with Gasteiger partial charge in [0.2, 0.25) is 23.6 Å². The highest BCUT2D eigenvalue weighted by Crippen LogP contribution is 2.13. The molecule has 8 N–H and O–H groups in total. The molecule has 214 valence electrons. The maximum absolute atomic E-state index is 13.4. The van der Waals surface area contributed by atoms with Crippen molar-refractivity contribution >= 4 is 29.6 Å². The number of aromatic hydroxyl groups is 1. The van der Waals surface area contributed by atoms with Gasteiger partial charge in [0, 0.05) is 19.3 Å². The van der Waals surface area contributed by atoms with Gasteiger partial charge in [0.1, 0.15) is 23.9 Å². The van der Waals surface area contributed by atoms with E-state index in [9.17, 15) is 34.2 Å². The van der Waals surface area contributed by atoms with Crippen molar-refractivity contribution in [1.82, 2.24) is 21.3 Å². The number of nitrogens with two attached hydrogens (primary N) is 1. The third-order valence-electron chi connectivity index (χ3n) is 6.60. The van der Waals surface area contributed by atoms with Crippen LogP contribution in [0.1, 0.15) is 36.8 Å². The molecule has 1 aliphatic heterocycles. The summed E-state index contributed by atoms with van der Waals surface area (Å²) < 4.78 is 0. The lowest BCUT2D eigenvalue weighted by Gasteiger charge is -2.25. The van der Waals surface area contributed by atoms with Gasteiger partial charge in [-0.25, -0.2) is 4.79 Å². The van der Waals surface area contributed by atoms with Crippen LogP contribution in [0.5, 0.6) is 5.75 Å². The van der Waals surface area contributed by atoms with E-state index in [1.807, 2.05) is 6.07 Å². The molecule has 40 heavy (non-hydrogen) atoms. The molecule has 0 spiro atoms. The minimum Gasteiger partial charge on any atom is -0.508 e. The maximum atomic E-state index is 13.4. The summed E-state index contributed by atoms with van der Waals surface area (Å²) in [6.45, 7) is 0.692. The van der Waals surface area contributed by atoms with Crippen LogP contribution < -0.4 is 27.0 Å². The molecule has 0 bridgehead atoms. The Labute approximate surface area is 231 Å². The van der Waals surface area contributed by atoms with Gasteiger partial charge < -0.3 is 37.2 Å². The second-order valence-corrected chi connectivity index (χ2v) is 9.74.